The molecule has 3 unspecified atom stereocenters. The number of rotatable bonds is 9. The van der Waals surface area contributed by atoms with E-state index in [9.17, 15) is 0 Å². The molecule has 1 heterocycles. The van der Waals surface area contributed by atoms with Crippen LogP contribution in [0, 0.1) is 5.92 Å². The Balaban J connectivity index is 1.78. The SMILES string of the molecule is CC1CC1c1ccc(C(CN)NCCCCCO)o1. The molecule has 2 rings (SSSR count). The summed E-state index contributed by atoms with van der Waals surface area (Å²) in [6.45, 7) is 4.00. The molecule has 0 aliphatic heterocycles. The number of nitrogens with two attached hydrogens (primary N) is 1. The highest BCUT2D eigenvalue weighted by Gasteiger charge is 2.36. The van der Waals surface area contributed by atoms with E-state index < -0.39 is 0 Å². The molecular weight excluding hydrogens is 240 g/mol. The predicted molar refractivity (Wildman–Crippen MR) is 76.0 cm³/mol. The van der Waals surface area contributed by atoms with Gasteiger partial charge in [-0.1, -0.05) is 6.92 Å². The number of aliphatic hydroxyl groups is 1. The number of nitrogens with one attached hydrogen (secondary N) is 1. The van der Waals surface area contributed by atoms with Crippen molar-refractivity contribution in [1.82, 2.24) is 5.32 Å². The molecule has 0 spiro atoms. The van der Waals surface area contributed by atoms with E-state index in [1.165, 1.54) is 6.42 Å². The van der Waals surface area contributed by atoms with Crippen molar-refractivity contribution < 1.29 is 9.52 Å². The quantitative estimate of drug-likeness (QED) is 0.599. The summed E-state index contributed by atoms with van der Waals surface area (Å²) in [6, 6.07) is 4.26. The zero-order valence-corrected chi connectivity index (χ0v) is 11.8. The molecule has 3 atom stereocenters. The Morgan fingerprint density at radius 3 is 2.84 bits per heavy atom. The van der Waals surface area contributed by atoms with Gasteiger partial charge in [0.05, 0.1) is 6.04 Å². The third-order valence-corrected chi connectivity index (χ3v) is 3.93. The number of aliphatic hydroxyl groups excluding tert-OH is 1. The maximum Gasteiger partial charge on any atom is 0.122 e. The lowest BCUT2D eigenvalue weighted by molar-refractivity contribution is 0.282. The van der Waals surface area contributed by atoms with Gasteiger partial charge in [0.25, 0.3) is 0 Å². The summed E-state index contributed by atoms with van der Waals surface area (Å²) >= 11 is 0. The van der Waals surface area contributed by atoms with E-state index in [1.54, 1.807) is 0 Å². The highest BCUT2D eigenvalue weighted by molar-refractivity contribution is 5.19. The number of hydrogen-bond acceptors (Lipinski definition) is 4. The summed E-state index contributed by atoms with van der Waals surface area (Å²) < 4.78 is 5.93. The molecule has 1 aromatic heterocycles. The Bertz CT molecular complexity index is 378. The summed E-state index contributed by atoms with van der Waals surface area (Å²) in [5.74, 6) is 3.46. The standard InChI is InChI=1S/C15H26N2O2/c1-11-9-12(11)14-5-6-15(19-14)13(10-16)17-7-3-2-4-8-18/h5-6,11-13,17-18H,2-4,7-10,16H2,1H3. The van der Waals surface area contributed by atoms with Crippen LogP contribution in [0.5, 0.6) is 0 Å². The van der Waals surface area contributed by atoms with Crippen LogP contribution in [0.2, 0.25) is 0 Å². The van der Waals surface area contributed by atoms with Crippen LogP contribution in [0.3, 0.4) is 0 Å². The molecule has 0 amide bonds. The smallest absolute Gasteiger partial charge is 0.122 e. The van der Waals surface area contributed by atoms with Crippen molar-refractivity contribution in [2.45, 2.75) is 44.6 Å². The summed E-state index contributed by atoms with van der Waals surface area (Å²) in [7, 11) is 0. The van der Waals surface area contributed by atoms with Crippen molar-refractivity contribution in [1.29, 1.82) is 0 Å². The Morgan fingerprint density at radius 2 is 2.21 bits per heavy atom. The average Bonchev–Trinajstić information content (AvgIpc) is 2.95. The third-order valence-electron chi connectivity index (χ3n) is 3.93. The second-order valence-electron chi connectivity index (χ2n) is 5.59. The fraction of sp³-hybridized carbons (Fsp3) is 0.733. The summed E-state index contributed by atoms with van der Waals surface area (Å²) in [6.07, 6.45) is 4.22. The molecule has 1 saturated carbocycles. The van der Waals surface area contributed by atoms with Gasteiger partial charge in [-0.05, 0) is 50.3 Å². The average molecular weight is 266 g/mol. The van der Waals surface area contributed by atoms with E-state index in [1.807, 2.05) is 0 Å². The molecular formula is C15H26N2O2. The normalized spacial score (nSPS) is 23.5. The topological polar surface area (TPSA) is 71.4 Å². The van der Waals surface area contributed by atoms with Crippen LogP contribution < -0.4 is 11.1 Å². The van der Waals surface area contributed by atoms with Crippen LogP contribution in [-0.2, 0) is 0 Å². The summed E-state index contributed by atoms with van der Waals surface area (Å²) in [4.78, 5) is 0. The summed E-state index contributed by atoms with van der Waals surface area (Å²) in [5, 5.41) is 12.2. The van der Waals surface area contributed by atoms with Crippen molar-refractivity contribution in [2.24, 2.45) is 11.7 Å². The van der Waals surface area contributed by atoms with E-state index >= 15 is 0 Å². The highest BCUT2D eigenvalue weighted by atomic mass is 16.3. The predicted octanol–water partition coefficient (Wildman–Crippen LogP) is 2.16. The first-order valence-electron chi connectivity index (χ1n) is 7.40. The van der Waals surface area contributed by atoms with Crippen LogP contribution in [-0.4, -0.2) is 24.8 Å². The van der Waals surface area contributed by atoms with E-state index in [-0.39, 0.29) is 12.6 Å². The van der Waals surface area contributed by atoms with Crippen molar-refractivity contribution in [3.05, 3.63) is 23.7 Å². The van der Waals surface area contributed by atoms with Gasteiger partial charge >= 0.3 is 0 Å². The second-order valence-corrected chi connectivity index (χ2v) is 5.59. The fourth-order valence-corrected chi connectivity index (χ4v) is 2.46. The molecule has 0 saturated heterocycles. The molecule has 1 fully saturated rings. The van der Waals surface area contributed by atoms with Crippen LogP contribution in [0.1, 0.15) is 56.1 Å². The second kappa shape index (κ2) is 7.08. The van der Waals surface area contributed by atoms with Gasteiger partial charge < -0.3 is 20.6 Å². The fourth-order valence-electron chi connectivity index (χ4n) is 2.46. The number of furan rings is 1. The Kier molecular flexibility index (Phi) is 5.43. The summed E-state index contributed by atoms with van der Waals surface area (Å²) in [5.41, 5.74) is 5.81. The van der Waals surface area contributed by atoms with Gasteiger partial charge in [-0.3, -0.25) is 0 Å². The molecule has 1 aliphatic rings. The lowest BCUT2D eigenvalue weighted by Crippen LogP contribution is -2.28. The first-order valence-corrected chi connectivity index (χ1v) is 7.40. The molecule has 0 aromatic carbocycles. The van der Waals surface area contributed by atoms with Crippen LogP contribution in [0.4, 0.5) is 0 Å². The molecule has 1 aromatic rings. The molecule has 4 N–H and O–H groups in total. The van der Waals surface area contributed by atoms with E-state index in [4.69, 9.17) is 15.3 Å². The van der Waals surface area contributed by atoms with Crippen LogP contribution >= 0.6 is 0 Å². The molecule has 19 heavy (non-hydrogen) atoms. The number of hydrogen-bond donors (Lipinski definition) is 3. The highest BCUT2D eigenvalue weighted by Crippen LogP contribution is 2.47. The van der Waals surface area contributed by atoms with Crippen LogP contribution in [0.25, 0.3) is 0 Å². The van der Waals surface area contributed by atoms with Gasteiger partial charge in [0.1, 0.15) is 11.5 Å². The Morgan fingerprint density at radius 1 is 1.42 bits per heavy atom. The van der Waals surface area contributed by atoms with Crippen molar-refractivity contribution >= 4 is 0 Å². The van der Waals surface area contributed by atoms with Crippen LogP contribution in [0.15, 0.2) is 16.5 Å². The van der Waals surface area contributed by atoms with E-state index in [0.717, 1.165) is 43.2 Å². The third kappa shape index (κ3) is 4.06. The Labute approximate surface area is 115 Å². The number of unbranched alkanes of at least 4 members (excludes halogenated alkanes) is 2. The van der Waals surface area contributed by atoms with Gasteiger partial charge in [-0.25, -0.2) is 0 Å². The molecule has 0 bridgehead atoms. The maximum absolute atomic E-state index is 8.73. The largest absolute Gasteiger partial charge is 0.464 e. The van der Waals surface area contributed by atoms with Gasteiger partial charge in [0.15, 0.2) is 0 Å². The van der Waals surface area contributed by atoms with Crippen molar-refractivity contribution in [3.8, 4) is 0 Å². The molecule has 4 heteroatoms. The minimum atomic E-state index is 0.108. The lowest BCUT2D eigenvalue weighted by Gasteiger charge is -2.14. The monoisotopic (exact) mass is 266 g/mol. The van der Waals surface area contributed by atoms with Crippen molar-refractivity contribution in [2.75, 3.05) is 19.7 Å². The molecule has 0 radical (unpaired) electrons. The zero-order valence-electron chi connectivity index (χ0n) is 11.8. The van der Waals surface area contributed by atoms with Gasteiger partial charge in [-0.15, -0.1) is 0 Å². The molecule has 1 aliphatic carbocycles. The van der Waals surface area contributed by atoms with Gasteiger partial charge in [0, 0.05) is 19.1 Å². The van der Waals surface area contributed by atoms with E-state index in [0.29, 0.717) is 12.5 Å². The first-order chi connectivity index (χ1) is 9.26. The van der Waals surface area contributed by atoms with E-state index in [2.05, 4.69) is 24.4 Å². The molecule has 108 valence electrons. The lowest BCUT2D eigenvalue weighted by atomic mass is 10.2. The maximum atomic E-state index is 8.73. The first kappa shape index (κ1) is 14.6. The minimum absolute atomic E-state index is 0.108. The zero-order chi connectivity index (χ0) is 13.7. The van der Waals surface area contributed by atoms with Gasteiger partial charge in [0.2, 0.25) is 0 Å². The Hall–Kier alpha value is -0.840. The minimum Gasteiger partial charge on any atom is -0.464 e. The van der Waals surface area contributed by atoms with Gasteiger partial charge in [-0.2, -0.15) is 0 Å². The van der Waals surface area contributed by atoms with Crippen molar-refractivity contribution in [3.63, 3.8) is 0 Å². The molecule has 4 nitrogen and oxygen atoms in total.